The van der Waals surface area contributed by atoms with Crippen LogP contribution in [-0.4, -0.2) is 30.0 Å². The van der Waals surface area contributed by atoms with Gasteiger partial charge in [0.05, 0.1) is 0 Å². The molecule has 0 saturated carbocycles. The van der Waals surface area contributed by atoms with E-state index in [2.05, 4.69) is 21.3 Å². The van der Waals surface area contributed by atoms with Gasteiger partial charge in [0, 0.05) is 0 Å². The van der Waals surface area contributed by atoms with Crippen LogP contribution in [0.15, 0.2) is 6.08 Å². The number of rotatable bonds is 3. The normalized spacial score (nSPS) is 10.6. The summed E-state index contributed by atoms with van der Waals surface area (Å²) in [5, 5.41) is 37.7. The van der Waals surface area contributed by atoms with E-state index < -0.39 is 18.1 Å². The van der Waals surface area contributed by atoms with E-state index in [9.17, 15) is 0 Å². The number of hydrogen-bond acceptors (Lipinski definition) is 4. The predicted molar refractivity (Wildman–Crippen MR) is 64.5 cm³/mol. The van der Waals surface area contributed by atoms with Crippen LogP contribution in [0.25, 0.3) is 0 Å². The molecule has 0 aliphatic heterocycles. The molecule has 0 unspecified atom stereocenters. The average Bonchev–Trinajstić information content (AvgIpc) is 2.13. The van der Waals surface area contributed by atoms with E-state index in [1.165, 1.54) is 0 Å². The van der Waals surface area contributed by atoms with Crippen molar-refractivity contribution in [2.45, 2.75) is 6.17 Å². The largest absolute Gasteiger partial charge is 0.370 e. The summed E-state index contributed by atoms with van der Waals surface area (Å²) in [7, 11) is 0. The van der Waals surface area contributed by atoms with Crippen LogP contribution in [0.2, 0.25) is 0 Å². The van der Waals surface area contributed by atoms with Crippen LogP contribution >= 0.6 is 0 Å². The van der Waals surface area contributed by atoms with E-state index in [1.807, 2.05) is 0 Å². The summed E-state index contributed by atoms with van der Waals surface area (Å²) in [6, 6.07) is 0. The molecule has 12 N–H and O–H groups in total. The highest BCUT2D eigenvalue weighted by atomic mass is 15.3. The lowest BCUT2D eigenvalue weighted by Crippen LogP contribution is -2.55. The zero-order valence-corrected chi connectivity index (χ0v) is 8.89. The summed E-state index contributed by atoms with van der Waals surface area (Å²) in [5.74, 6) is -1.36. The number of hydrogen-bond donors (Lipinski definition) is 10. The van der Waals surface area contributed by atoms with Gasteiger partial charge in [-0.3, -0.25) is 32.3 Å². The summed E-state index contributed by atoms with van der Waals surface area (Å²) < 4.78 is 0. The fourth-order valence-corrected chi connectivity index (χ4v) is 0.785. The Kier molecular flexibility index (Phi) is 5.57. The molecule has 0 rings (SSSR count). The lowest BCUT2D eigenvalue weighted by atomic mass is 10.4. The first-order valence-electron chi connectivity index (χ1n) is 4.32. The Balaban J connectivity index is 4.20. The van der Waals surface area contributed by atoms with Gasteiger partial charge in [-0.05, 0) is 6.08 Å². The third-order valence-corrected chi connectivity index (χ3v) is 1.31. The van der Waals surface area contributed by atoms with Gasteiger partial charge in [0.15, 0.2) is 23.8 Å². The van der Waals surface area contributed by atoms with Gasteiger partial charge in [0.2, 0.25) is 0 Å². The summed E-state index contributed by atoms with van der Waals surface area (Å²) in [4.78, 5) is 0. The second kappa shape index (κ2) is 6.66. The second-order valence-electron chi connectivity index (χ2n) is 2.79. The van der Waals surface area contributed by atoms with Crippen molar-refractivity contribution in [3.8, 4) is 0 Å². The predicted octanol–water partition coefficient (Wildman–Crippen LogP) is -2.68. The highest BCUT2D eigenvalue weighted by Crippen LogP contribution is 1.78. The molecule has 0 atom stereocenters. The van der Waals surface area contributed by atoms with Crippen LogP contribution in [0.5, 0.6) is 0 Å². The minimum atomic E-state index is -0.770. The Morgan fingerprint density at radius 3 is 1.53 bits per heavy atom. The fraction of sp³-hybridized carbons (Fsp3) is 0.143. The van der Waals surface area contributed by atoms with Crippen molar-refractivity contribution >= 4 is 23.8 Å². The smallest absolute Gasteiger partial charge is 0.197 e. The molecule has 0 spiro atoms. The molecule has 0 aromatic heterocycles. The van der Waals surface area contributed by atoms with Crippen molar-refractivity contribution in [2.24, 2.45) is 11.5 Å². The fourth-order valence-electron chi connectivity index (χ4n) is 0.785. The maximum absolute atomic E-state index is 7.32. The minimum absolute atomic E-state index is 0.271. The molecule has 0 bridgehead atoms. The molecule has 10 nitrogen and oxygen atoms in total. The Bertz CT molecular complexity index is 315. The van der Waals surface area contributed by atoms with Gasteiger partial charge in [-0.1, -0.05) is 6.58 Å². The highest BCUT2D eigenvalue weighted by Gasteiger charge is 2.08. The van der Waals surface area contributed by atoms with Gasteiger partial charge in [0.25, 0.3) is 0 Å². The van der Waals surface area contributed by atoms with E-state index in [0.717, 1.165) is 6.08 Å². The lowest BCUT2D eigenvalue weighted by Gasteiger charge is -2.19. The van der Waals surface area contributed by atoms with Crippen molar-refractivity contribution in [2.75, 3.05) is 0 Å². The zero-order chi connectivity index (χ0) is 13.4. The zero-order valence-electron chi connectivity index (χ0n) is 8.89. The van der Waals surface area contributed by atoms with Crippen LogP contribution in [0.1, 0.15) is 0 Å². The van der Waals surface area contributed by atoms with E-state index in [4.69, 9.17) is 39.7 Å². The van der Waals surface area contributed by atoms with Gasteiger partial charge in [-0.25, -0.2) is 0 Å². The lowest BCUT2D eigenvalue weighted by molar-refractivity contribution is 0.665. The third kappa shape index (κ3) is 7.18. The first-order chi connectivity index (χ1) is 7.85. The molecular formula is C7H15N10. The quantitative estimate of drug-likeness (QED) is 0.144. The molecule has 0 aliphatic rings. The van der Waals surface area contributed by atoms with Gasteiger partial charge < -0.3 is 22.1 Å². The topological polar surface area (TPSA) is 196 Å². The van der Waals surface area contributed by atoms with Crippen LogP contribution in [0.4, 0.5) is 0 Å². The van der Waals surface area contributed by atoms with Crippen molar-refractivity contribution in [3.05, 3.63) is 12.7 Å². The molecule has 0 aromatic rings. The van der Waals surface area contributed by atoms with E-state index >= 15 is 0 Å². The molecule has 0 aliphatic carbocycles. The Morgan fingerprint density at radius 1 is 0.941 bits per heavy atom. The monoisotopic (exact) mass is 239 g/mol. The molecule has 93 valence electrons. The van der Waals surface area contributed by atoms with Crippen LogP contribution in [-0.2, 0) is 0 Å². The maximum Gasteiger partial charge on any atom is 0.197 e. The first-order valence-corrected chi connectivity index (χ1v) is 4.32. The van der Waals surface area contributed by atoms with Gasteiger partial charge in [0.1, 0.15) is 6.17 Å². The first kappa shape index (κ1) is 14.2. The van der Waals surface area contributed by atoms with Crippen molar-refractivity contribution in [1.29, 1.82) is 21.6 Å². The Labute approximate surface area is 97.9 Å². The van der Waals surface area contributed by atoms with E-state index in [0.29, 0.717) is 0 Å². The Hall–Kier alpha value is -2.78. The molecule has 0 heterocycles. The van der Waals surface area contributed by atoms with Crippen LogP contribution < -0.4 is 32.7 Å². The van der Waals surface area contributed by atoms with Crippen LogP contribution in [0.3, 0.4) is 0 Å². The molecule has 0 saturated heterocycles. The van der Waals surface area contributed by atoms with Gasteiger partial charge in [-0.2, -0.15) is 0 Å². The molecule has 0 fully saturated rings. The van der Waals surface area contributed by atoms with Crippen LogP contribution in [0, 0.1) is 28.2 Å². The minimum Gasteiger partial charge on any atom is -0.370 e. The molecule has 1 radical (unpaired) electrons. The maximum atomic E-state index is 7.32. The van der Waals surface area contributed by atoms with E-state index in [1.54, 1.807) is 0 Å². The van der Waals surface area contributed by atoms with Crippen molar-refractivity contribution < 1.29 is 0 Å². The van der Waals surface area contributed by atoms with E-state index in [-0.39, 0.29) is 11.9 Å². The molecule has 17 heavy (non-hydrogen) atoms. The SMILES string of the molecule is [CH]=CC(NC(=N)NC(=N)N)NC(=N)NC(=N)N. The standard InChI is InChI=1S/C7H15N10/c1-2-3(14-6(12)16-4(8)9)15-7(13)17-5(10)11/h1-3H,(H6,8,9,12,14,16)(H6,10,11,13,15,17). The average molecular weight is 239 g/mol. The Morgan fingerprint density at radius 2 is 1.29 bits per heavy atom. The molecular weight excluding hydrogens is 224 g/mol. The van der Waals surface area contributed by atoms with Crippen molar-refractivity contribution in [1.82, 2.24) is 21.3 Å². The number of nitrogens with two attached hydrogens (primary N) is 2. The van der Waals surface area contributed by atoms with Gasteiger partial charge >= 0.3 is 0 Å². The summed E-state index contributed by atoms with van der Waals surface area (Å²) in [6.07, 6.45) is 0.362. The summed E-state index contributed by atoms with van der Waals surface area (Å²) in [6.45, 7) is 5.26. The molecule has 0 amide bonds. The van der Waals surface area contributed by atoms with Gasteiger partial charge in [-0.15, -0.1) is 0 Å². The number of nitrogens with one attached hydrogen (secondary N) is 8. The van der Waals surface area contributed by atoms with Crippen molar-refractivity contribution in [3.63, 3.8) is 0 Å². The second-order valence-corrected chi connectivity index (χ2v) is 2.79. The molecule has 0 aromatic carbocycles. The summed E-state index contributed by atoms with van der Waals surface area (Å²) in [5.41, 5.74) is 10.0. The third-order valence-electron chi connectivity index (χ3n) is 1.31. The number of guanidine groups is 4. The molecule has 10 heteroatoms. The summed E-state index contributed by atoms with van der Waals surface area (Å²) >= 11 is 0. The highest BCUT2D eigenvalue weighted by molar-refractivity contribution is 5.96.